The standard InChI is InChI=1S/C14H17BrN4O/c1-8-4-11(15)6-12(14(8)16)17-13(20)7-19-10(3)5-9(2)18-19/h4-6H,7,16H2,1-3H3,(H,17,20). The van der Waals surface area contributed by atoms with Gasteiger partial charge in [-0.15, -0.1) is 0 Å². The second-order valence-electron chi connectivity index (χ2n) is 4.82. The van der Waals surface area contributed by atoms with Crippen molar-refractivity contribution >= 4 is 33.2 Å². The van der Waals surface area contributed by atoms with Crippen LogP contribution in [0.15, 0.2) is 22.7 Å². The molecule has 6 heteroatoms. The molecule has 1 aromatic heterocycles. The van der Waals surface area contributed by atoms with E-state index in [9.17, 15) is 4.79 Å². The maximum Gasteiger partial charge on any atom is 0.246 e. The van der Waals surface area contributed by atoms with Crippen LogP contribution in [0.1, 0.15) is 17.0 Å². The SMILES string of the molecule is Cc1cc(C)n(CC(=O)Nc2cc(Br)cc(C)c2N)n1. The van der Waals surface area contributed by atoms with Gasteiger partial charge in [0, 0.05) is 10.2 Å². The van der Waals surface area contributed by atoms with Gasteiger partial charge in [-0.05, 0) is 44.5 Å². The molecular formula is C14H17BrN4O. The third kappa shape index (κ3) is 3.19. The molecule has 0 aliphatic rings. The van der Waals surface area contributed by atoms with Crippen LogP contribution < -0.4 is 11.1 Å². The Labute approximate surface area is 126 Å². The van der Waals surface area contributed by atoms with Gasteiger partial charge in [0.1, 0.15) is 6.54 Å². The lowest BCUT2D eigenvalue weighted by Gasteiger charge is -2.11. The van der Waals surface area contributed by atoms with Crippen molar-refractivity contribution in [1.29, 1.82) is 0 Å². The van der Waals surface area contributed by atoms with Crippen LogP contribution in [0, 0.1) is 20.8 Å². The van der Waals surface area contributed by atoms with E-state index in [-0.39, 0.29) is 12.5 Å². The van der Waals surface area contributed by atoms with Gasteiger partial charge in [0.15, 0.2) is 0 Å². The predicted molar refractivity (Wildman–Crippen MR) is 83.6 cm³/mol. The molecule has 1 aromatic carbocycles. The Hall–Kier alpha value is -1.82. The fourth-order valence-corrected chi connectivity index (χ4v) is 2.59. The Morgan fingerprint density at radius 3 is 2.65 bits per heavy atom. The molecule has 0 saturated carbocycles. The van der Waals surface area contributed by atoms with Crippen LogP contribution in [-0.2, 0) is 11.3 Å². The van der Waals surface area contributed by atoms with E-state index in [0.717, 1.165) is 21.4 Å². The summed E-state index contributed by atoms with van der Waals surface area (Å²) in [5.74, 6) is -0.152. The number of aryl methyl sites for hydroxylation is 3. The third-order valence-corrected chi connectivity index (χ3v) is 3.48. The number of anilines is 2. The van der Waals surface area contributed by atoms with Crippen molar-refractivity contribution in [3.05, 3.63) is 39.6 Å². The summed E-state index contributed by atoms with van der Waals surface area (Å²) in [6, 6.07) is 5.64. The maximum atomic E-state index is 12.1. The first-order chi connectivity index (χ1) is 9.36. The zero-order chi connectivity index (χ0) is 14.9. The zero-order valence-electron chi connectivity index (χ0n) is 11.7. The number of hydrogen-bond acceptors (Lipinski definition) is 3. The van der Waals surface area contributed by atoms with Crippen molar-refractivity contribution in [1.82, 2.24) is 9.78 Å². The fourth-order valence-electron chi connectivity index (χ4n) is 2.02. The van der Waals surface area contributed by atoms with Gasteiger partial charge >= 0.3 is 0 Å². The number of rotatable bonds is 3. The molecule has 20 heavy (non-hydrogen) atoms. The van der Waals surface area contributed by atoms with Gasteiger partial charge in [0.25, 0.3) is 0 Å². The summed E-state index contributed by atoms with van der Waals surface area (Å²) in [4.78, 5) is 12.1. The van der Waals surface area contributed by atoms with Crippen LogP contribution >= 0.6 is 15.9 Å². The quantitative estimate of drug-likeness (QED) is 0.846. The Morgan fingerprint density at radius 1 is 1.35 bits per heavy atom. The predicted octanol–water partition coefficient (Wildman–Crippen LogP) is 2.79. The minimum atomic E-state index is -0.152. The molecule has 0 bridgehead atoms. The molecule has 5 nitrogen and oxygen atoms in total. The van der Waals surface area contributed by atoms with Crippen molar-refractivity contribution in [2.24, 2.45) is 0 Å². The van der Waals surface area contributed by atoms with E-state index >= 15 is 0 Å². The van der Waals surface area contributed by atoms with Gasteiger partial charge in [0.05, 0.1) is 17.1 Å². The molecule has 0 unspecified atom stereocenters. The zero-order valence-corrected chi connectivity index (χ0v) is 13.3. The average Bonchev–Trinajstić information content (AvgIpc) is 2.64. The number of nitrogens with one attached hydrogen (secondary N) is 1. The minimum Gasteiger partial charge on any atom is -0.397 e. The van der Waals surface area contributed by atoms with Crippen LogP contribution in [0.2, 0.25) is 0 Å². The first-order valence-corrected chi connectivity index (χ1v) is 7.02. The Bertz CT molecular complexity index is 663. The van der Waals surface area contributed by atoms with E-state index in [2.05, 4.69) is 26.3 Å². The monoisotopic (exact) mass is 336 g/mol. The van der Waals surface area contributed by atoms with Crippen LogP contribution in [0.25, 0.3) is 0 Å². The van der Waals surface area contributed by atoms with Crippen molar-refractivity contribution in [3.8, 4) is 0 Å². The van der Waals surface area contributed by atoms with E-state index in [0.29, 0.717) is 11.4 Å². The van der Waals surface area contributed by atoms with Gasteiger partial charge in [-0.25, -0.2) is 0 Å². The highest BCUT2D eigenvalue weighted by Crippen LogP contribution is 2.27. The van der Waals surface area contributed by atoms with Crippen LogP contribution in [-0.4, -0.2) is 15.7 Å². The van der Waals surface area contributed by atoms with E-state index in [1.54, 1.807) is 10.7 Å². The lowest BCUT2D eigenvalue weighted by molar-refractivity contribution is -0.116. The van der Waals surface area contributed by atoms with Gasteiger partial charge in [-0.2, -0.15) is 5.10 Å². The molecule has 0 aliphatic heterocycles. The van der Waals surface area contributed by atoms with Gasteiger partial charge < -0.3 is 11.1 Å². The normalized spacial score (nSPS) is 10.6. The van der Waals surface area contributed by atoms with E-state index in [1.165, 1.54) is 0 Å². The third-order valence-electron chi connectivity index (χ3n) is 3.02. The van der Waals surface area contributed by atoms with Crippen LogP contribution in [0.4, 0.5) is 11.4 Å². The molecule has 3 N–H and O–H groups in total. The number of hydrogen-bond donors (Lipinski definition) is 2. The summed E-state index contributed by atoms with van der Waals surface area (Å²) in [6.07, 6.45) is 0. The summed E-state index contributed by atoms with van der Waals surface area (Å²) in [5, 5.41) is 7.09. The number of nitrogen functional groups attached to an aromatic ring is 1. The molecule has 1 amide bonds. The summed E-state index contributed by atoms with van der Waals surface area (Å²) in [6.45, 7) is 5.89. The summed E-state index contributed by atoms with van der Waals surface area (Å²) in [5.41, 5.74) is 9.93. The Balaban J connectivity index is 2.14. The smallest absolute Gasteiger partial charge is 0.246 e. The highest BCUT2D eigenvalue weighted by Gasteiger charge is 2.10. The molecule has 0 saturated heterocycles. The Kier molecular flexibility index (Phi) is 4.13. The van der Waals surface area contributed by atoms with E-state index in [1.807, 2.05) is 32.9 Å². The number of halogens is 1. The molecule has 0 radical (unpaired) electrons. The lowest BCUT2D eigenvalue weighted by Crippen LogP contribution is -2.21. The lowest BCUT2D eigenvalue weighted by atomic mass is 10.1. The number of nitrogens with zero attached hydrogens (tertiary/aromatic N) is 2. The van der Waals surface area contributed by atoms with Crippen molar-refractivity contribution < 1.29 is 4.79 Å². The average molecular weight is 337 g/mol. The fraction of sp³-hybridized carbons (Fsp3) is 0.286. The van der Waals surface area contributed by atoms with Crippen molar-refractivity contribution in [3.63, 3.8) is 0 Å². The summed E-state index contributed by atoms with van der Waals surface area (Å²) < 4.78 is 2.55. The molecule has 106 valence electrons. The van der Waals surface area contributed by atoms with Gasteiger partial charge in [-0.1, -0.05) is 15.9 Å². The van der Waals surface area contributed by atoms with E-state index in [4.69, 9.17) is 5.73 Å². The number of benzene rings is 1. The number of carbonyl (C=O) groups excluding carboxylic acids is 1. The molecular weight excluding hydrogens is 320 g/mol. The van der Waals surface area contributed by atoms with Crippen LogP contribution in [0.5, 0.6) is 0 Å². The summed E-state index contributed by atoms with van der Waals surface area (Å²) in [7, 11) is 0. The number of nitrogens with two attached hydrogens (primary N) is 1. The largest absolute Gasteiger partial charge is 0.397 e. The molecule has 1 heterocycles. The first-order valence-electron chi connectivity index (χ1n) is 6.23. The molecule has 0 atom stereocenters. The molecule has 2 aromatic rings. The molecule has 2 rings (SSSR count). The second-order valence-corrected chi connectivity index (χ2v) is 5.73. The minimum absolute atomic E-state index is 0.152. The molecule has 0 fully saturated rings. The number of amides is 1. The topological polar surface area (TPSA) is 72.9 Å². The Morgan fingerprint density at radius 2 is 2.05 bits per heavy atom. The summed E-state index contributed by atoms with van der Waals surface area (Å²) >= 11 is 3.39. The number of aromatic nitrogens is 2. The molecule has 0 spiro atoms. The van der Waals surface area contributed by atoms with Gasteiger partial charge in [-0.3, -0.25) is 9.48 Å². The molecule has 0 aliphatic carbocycles. The van der Waals surface area contributed by atoms with Crippen molar-refractivity contribution in [2.75, 3.05) is 11.1 Å². The maximum absolute atomic E-state index is 12.1. The first kappa shape index (κ1) is 14.6. The van der Waals surface area contributed by atoms with E-state index < -0.39 is 0 Å². The highest BCUT2D eigenvalue weighted by atomic mass is 79.9. The number of carbonyl (C=O) groups is 1. The second kappa shape index (κ2) is 5.66. The van der Waals surface area contributed by atoms with Gasteiger partial charge in [0.2, 0.25) is 5.91 Å². The van der Waals surface area contributed by atoms with Crippen molar-refractivity contribution in [2.45, 2.75) is 27.3 Å². The highest BCUT2D eigenvalue weighted by molar-refractivity contribution is 9.10. The van der Waals surface area contributed by atoms with Crippen LogP contribution in [0.3, 0.4) is 0 Å².